The number of nitro benzene ring substituents is 1. The summed E-state index contributed by atoms with van der Waals surface area (Å²) in [5.74, 6) is 2.04. The number of benzene rings is 2. The lowest BCUT2D eigenvalue weighted by atomic mass is 10.1. The van der Waals surface area contributed by atoms with Crippen LogP contribution in [-0.4, -0.2) is 22.3 Å². The highest BCUT2D eigenvalue weighted by Gasteiger charge is 2.18. The Morgan fingerprint density at radius 2 is 1.83 bits per heavy atom. The number of carbonyl (C=O) groups excluding carboxylic acids is 1. The molecule has 2 aromatic carbocycles. The molecule has 0 aliphatic carbocycles. The molecule has 0 aromatic heterocycles. The maximum Gasteiger partial charge on any atom is 0.274 e. The van der Waals surface area contributed by atoms with Gasteiger partial charge in [-0.15, -0.1) is 23.5 Å². The highest BCUT2D eigenvalue weighted by molar-refractivity contribution is 8.19. The van der Waals surface area contributed by atoms with Gasteiger partial charge in [-0.25, -0.2) is 0 Å². The Labute approximate surface area is 148 Å². The number of anilines is 1. The average molecular weight is 360 g/mol. The molecule has 1 aliphatic rings. The smallest absolute Gasteiger partial charge is 0.274 e. The van der Waals surface area contributed by atoms with E-state index in [9.17, 15) is 14.9 Å². The van der Waals surface area contributed by atoms with Crippen LogP contribution in [-0.2, 0) is 0 Å². The quantitative estimate of drug-likeness (QED) is 0.635. The minimum atomic E-state index is -0.448. The van der Waals surface area contributed by atoms with Gasteiger partial charge in [-0.2, -0.15) is 0 Å². The summed E-state index contributed by atoms with van der Waals surface area (Å²) in [5, 5.41) is 13.7. The molecule has 0 saturated carbocycles. The normalized spacial score (nSPS) is 14.5. The number of aryl methyl sites for hydroxylation is 1. The fraction of sp³-hybridized carbons (Fsp3) is 0.235. The summed E-state index contributed by atoms with van der Waals surface area (Å²) in [6, 6.07) is 12.2. The standard InChI is InChI=1S/C17H16N2O3S2/c1-11-2-7-14(10-15(11)19(21)22)18-16(20)12-3-5-13(6-4-12)17-23-8-9-24-17/h2-7,10,17H,8-9H2,1H3,(H,18,20). The highest BCUT2D eigenvalue weighted by atomic mass is 32.2. The summed E-state index contributed by atoms with van der Waals surface area (Å²) >= 11 is 3.83. The predicted octanol–water partition coefficient (Wildman–Crippen LogP) is 4.63. The van der Waals surface area contributed by atoms with Crippen molar-refractivity contribution in [1.29, 1.82) is 0 Å². The van der Waals surface area contributed by atoms with E-state index in [2.05, 4.69) is 5.32 Å². The van der Waals surface area contributed by atoms with Crippen LogP contribution in [0.25, 0.3) is 0 Å². The minimum Gasteiger partial charge on any atom is -0.322 e. The van der Waals surface area contributed by atoms with E-state index < -0.39 is 4.92 Å². The summed E-state index contributed by atoms with van der Waals surface area (Å²) in [4.78, 5) is 22.9. The highest BCUT2D eigenvalue weighted by Crippen LogP contribution is 2.45. The number of amides is 1. The minimum absolute atomic E-state index is 0.00145. The third kappa shape index (κ3) is 3.73. The van der Waals surface area contributed by atoms with E-state index in [0.29, 0.717) is 21.4 Å². The van der Waals surface area contributed by atoms with Crippen LogP contribution in [0.4, 0.5) is 11.4 Å². The average Bonchev–Trinajstić information content (AvgIpc) is 3.11. The summed E-state index contributed by atoms with van der Waals surface area (Å²) < 4.78 is 0.446. The second-order valence-electron chi connectivity index (χ2n) is 5.41. The van der Waals surface area contributed by atoms with E-state index >= 15 is 0 Å². The molecule has 0 spiro atoms. The molecule has 0 atom stereocenters. The number of thioether (sulfide) groups is 2. The van der Waals surface area contributed by atoms with Crippen molar-refractivity contribution < 1.29 is 9.72 Å². The zero-order chi connectivity index (χ0) is 17.1. The van der Waals surface area contributed by atoms with E-state index in [1.165, 1.54) is 11.6 Å². The number of hydrogen-bond donors (Lipinski definition) is 1. The summed E-state index contributed by atoms with van der Waals surface area (Å²) in [5.41, 5.74) is 2.73. The van der Waals surface area contributed by atoms with Crippen molar-refractivity contribution in [3.63, 3.8) is 0 Å². The van der Waals surface area contributed by atoms with E-state index in [0.717, 1.165) is 11.5 Å². The Morgan fingerprint density at radius 1 is 1.17 bits per heavy atom. The van der Waals surface area contributed by atoms with Gasteiger partial charge >= 0.3 is 0 Å². The van der Waals surface area contributed by atoms with Crippen LogP contribution in [0.3, 0.4) is 0 Å². The number of hydrogen-bond acceptors (Lipinski definition) is 5. The molecule has 5 nitrogen and oxygen atoms in total. The summed E-state index contributed by atoms with van der Waals surface area (Å²) in [7, 11) is 0. The third-order valence-electron chi connectivity index (χ3n) is 3.73. The van der Waals surface area contributed by atoms with Crippen LogP contribution < -0.4 is 5.32 Å². The molecule has 0 unspecified atom stereocenters. The van der Waals surface area contributed by atoms with Gasteiger partial charge in [0.1, 0.15) is 0 Å². The lowest BCUT2D eigenvalue weighted by molar-refractivity contribution is -0.385. The summed E-state index contributed by atoms with van der Waals surface area (Å²) in [6.07, 6.45) is 0. The Morgan fingerprint density at radius 3 is 2.46 bits per heavy atom. The number of nitro groups is 1. The molecule has 1 aliphatic heterocycles. The summed E-state index contributed by atoms with van der Waals surface area (Å²) in [6.45, 7) is 1.67. The molecular formula is C17H16N2O3S2. The fourth-order valence-electron chi connectivity index (χ4n) is 2.43. The lowest BCUT2D eigenvalue weighted by Gasteiger charge is -2.10. The Hall–Kier alpha value is -1.99. The molecule has 0 radical (unpaired) electrons. The van der Waals surface area contributed by atoms with Gasteiger partial charge in [-0.3, -0.25) is 14.9 Å². The maximum absolute atomic E-state index is 12.3. The number of carbonyl (C=O) groups is 1. The first-order valence-electron chi connectivity index (χ1n) is 7.44. The van der Waals surface area contributed by atoms with Gasteiger partial charge in [0.25, 0.3) is 11.6 Å². The first kappa shape index (κ1) is 16.9. The van der Waals surface area contributed by atoms with Gasteiger partial charge in [0, 0.05) is 34.4 Å². The number of nitrogens with zero attached hydrogens (tertiary/aromatic N) is 1. The van der Waals surface area contributed by atoms with Crippen LogP contribution >= 0.6 is 23.5 Å². The first-order chi connectivity index (χ1) is 11.5. The van der Waals surface area contributed by atoms with Gasteiger partial charge in [-0.05, 0) is 30.7 Å². The molecule has 1 saturated heterocycles. The maximum atomic E-state index is 12.3. The van der Waals surface area contributed by atoms with E-state index in [1.807, 2.05) is 35.7 Å². The van der Waals surface area contributed by atoms with Crippen LogP contribution in [0.5, 0.6) is 0 Å². The molecule has 7 heteroatoms. The van der Waals surface area contributed by atoms with Crippen molar-refractivity contribution in [1.82, 2.24) is 0 Å². The van der Waals surface area contributed by atoms with Crippen molar-refractivity contribution in [3.05, 3.63) is 69.3 Å². The van der Waals surface area contributed by atoms with Gasteiger partial charge in [0.2, 0.25) is 0 Å². The Balaban J connectivity index is 1.72. The Kier molecular flexibility index (Phi) is 5.11. The largest absolute Gasteiger partial charge is 0.322 e. The van der Waals surface area contributed by atoms with Crippen LogP contribution in [0, 0.1) is 17.0 Å². The van der Waals surface area contributed by atoms with E-state index in [-0.39, 0.29) is 11.6 Å². The molecule has 3 rings (SSSR count). The van der Waals surface area contributed by atoms with Crippen LogP contribution in [0.15, 0.2) is 42.5 Å². The van der Waals surface area contributed by atoms with Gasteiger partial charge in [-0.1, -0.05) is 18.2 Å². The number of nitrogens with one attached hydrogen (secondary N) is 1. The predicted molar refractivity (Wildman–Crippen MR) is 99.9 cm³/mol. The van der Waals surface area contributed by atoms with Gasteiger partial charge in [0.15, 0.2) is 0 Å². The molecule has 1 amide bonds. The van der Waals surface area contributed by atoms with Crippen LogP contribution in [0.1, 0.15) is 26.1 Å². The monoisotopic (exact) mass is 360 g/mol. The van der Waals surface area contributed by atoms with Crippen molar-refractivity contribution in [2.75, 3.05) is 16.8 Å². The fourth-order valence-corrected chi connectivity index (χ4v) is 5.29. The SMILES string of the molecule is Cc1ccc(NC(=O)c2ccc(C3SCCS3)cc2)cc1[N+](=O)[O-]. The van der Waals surface area contributed by atoms with Crippen molar-refractivity contribution in [3.8, 4) is 0 Å². The third-order valence-corrected chi connectivity index (χ3v) is 6.83. The molecule has 1 heterocycles. The molecule has 2 aromatic rings. The Bertz CT molecular complexity index is 772. The van der Waals surface area contributed by atoms with Crippen molar-refractivity contribution >= 4 is 40.8 Å². The van der Waals surface area contributed by atoms with Crippen LogP contribution in [0.2, 0.25) is 0 Å². The topological polar surface area (TPSA) is 72.2 Å². The zero-order valence-electron chi connectivity index (χ0n) is 13.0. The van der Waals surface area contributed by atoms with E-state index in [4.69, 9.17) is 0 Å². The molecule has 0 bridgehead atoms. The number of rotatable bonds is 4. The molecule has 1 N–H and O–H groups in total. The lowest BCUT2D eigenvalue weighted by Crippen LogP contribution is -2.12. The van der Waals surface area contributed by atoms with E-state index in [1.54, 1.807) is 31.2 Å². The van der Waals surface area contributed by atoms with Crippen molar-refractivity contribution in [2.24, 2.45) is 0 Å². The zero-order valence-corrected chi connectivity index (χ0v) is 14.7. The second kappa shape index (κ2) is 7.27. The molecule has 124 valence electrons. The molecule has 24 heavy (non-hydrogen) atoms. The molecular weight excluding hydrogens is 344 g/mol. The van der Waals surface area contributed by atoms with Gasteiger partial charge in [0.05, 0.1) is 9.51 Å². The second-order valence-corrected chi connectivity index (χ2v) is 8.13. The van der Waals surface area contributed by atoms with Crippen molar-refractivity contribution in [2.45, 2.75) is 11.5 Å². The first-order valence-corrected chi connectivity index (χ1v) is 9.54. The van der Waals surface area contributed by atoms with Gasteiger partial charge < -0.3 is 5.32 Å². The molecule has 1 fully saturated rings.